The van der Waals surface area contributed by atoms with Gasteiger partial charge in [0.15, 0.2) is 0 Å². The maximum Gasteiger partial charge on any atom is 0.407 e. The summed E-state index contributed by atoms with van der Waals surface area (Å²) in [5.74, 6) is -0.118. The van der Waals surface area contributed by atoms with E-state index < -0.39 is 29.6 Å². The third-order valence-corrected chi connectivity index (χ3v) is 13.0. The second-order valence-electron chi connectivity index (χ2n) is 20.7. The van der Waals surface area contributed by atoms with E-state index in [0.717, 1.165) is 51.2 Å². The topological polar surface area (TPSA) is 324 Å². The number of anilines is 4. The SMILES string of the molecule is CC.CC(NC(=O)c1cc(C#N)cnc1NCc1ccc(-c2cnc(N)c(CCCN)n2)cc1)c1ccc(F)cc1.CC(NC(=O)c1cc(C#N)cnc1NCc1ccc(-c2cnc(N)c(CCCNC(=O)OC(C)(C)C)n2)cc1)c1ccc(F)cc1. The Labute approximate surface area is 505 Å². The minimum Gasteiger partial charge on any atom is -0.444 e. The van der Waals surface area contributed by atoms with Crippen LogP contribution in [0.2, 0.25) is 0 Å². The Bertz CT molecular complexity index is 3680. The minimum atomic E-state index is -0.564. The zero-order valence-electron chi connectivity index (χ0n) is 49.7. The standard InChI is InChI=1S/C34H37FN8O3.C29H29FN8O.C2H6/c1-21(24-11-13-26(35)14-12-24)42-32(44)27-16-23(17-36)19-41-31(27)40-18-22-7-9-25(10-8-22)29-20-39-30(37)28(43-29)6-5-15-38-33(45)46-34(2,3)4;1-18(21-8-10-23(30)11-9-21)37-29(39)24-13-20(14-32)16-36-28(24)35-15-19-4-6-22(7-5-19)26-17-34-27(33)25(38-26)3-2-12-31;1-2/h7-14,16,19-21H,5-6,15,18H2,1-4H3,(H2,37,39)(H,38,45)(H,40,41)(H,42,44);4-11,13,16-18H,2-3,12,15,31H2,1H3,(H2,33,34)(H,35,36)(H,37,39);1-2H3. The van der Waals surface area contributed by atoms with Crippen LogP contribution >= 0.6 is 0 Å². The highest BCUT2D eigenvalue weighted by Crippen LogP contribution is 2.25. The number of alkyl carbamates (subject to hydrolysis) is 1. The largest absolute Gasteiger partial charge is 0.444 e. The molecule has 450 valence electrons. The molecule has 0 saturated carbocycles. The van der Waals surface area contributed by atoms with Gasteiger partial charge in [-0.05, 0) is 125 Å². The molecule has 0 radical (unpaired) electrons. The number of halogens is 2. The van der Waals surface area contributed by atoms with Crippen LogP contribution in [0.25, 0.3) is 22.5 Å². The van der Waals surface area contributed by atoms with Gasteiger partial charge in [0.1, 0.15) is 52.6 Å². The maximum absolute atomic E-state index is 13.3. The van der Waals surface area contributed by atoms with Crippen molar-refractivity contribution in [2.24, 2.45) is 5.73 Å². The summed E-state index contributed by atoms with van der Waals surface area (Å²) in [4.78, 5) is 64.7. The number of pyridine rings is 2. The summed E-state index contributed by atoms with van der Waals surface area (Å²) < 4.78 is 31.8. The third kappa shape index (κ3) is 19.8. The monoisotopic (exact) mass is 1180 g/mol. The molecule has 4 aromatic heterocycles. The highest BCUT2D eigenvalue weighted by Gasteiger charge is 2.21. The second kappa shape index (κ2) is 32.0. The van der Waals surface area contributed by atoms with Gasteiger partial charge in [0.25, 0.3) is 11.8 Å². The van der Waals surface area contributed by atoms with Gasteiger partial charge in [0, 0.05) is 43.2 Å². The quantitative estimate of drug-likeness (QED) is 0.0310. The number of nitrogens with zero attached hydrogens (tertiary/aromatic N) is 8. The van der Waals surface area contributed by atoms with Crippen molar-refractivity contribution in [2.45, 2.75) is 105 Å². The van der Waals surface area contributed by atoms with Crippen molar-refractivity contribution < 1.29 is 27.9 Å². The molecule has 3 amide bonds. The van der Waals surface area contributed by atoms with Gasteiger partial charge in [-0.1, -0.05) is 86.6 Å². The van der Waals surface area contributed by atoms with Gasteiger partial charge in [0.05, 0.1) is 69.5 Å². The number of nitrogens with two attached hydrogens (primary N) is 3. The Morgan fingerprint density at radius 1 is 0.598 bits per heavy atom. The lowest BCUT2D eigenvalue weighted by Crippen LogP contribution is -2.33. The summed E-state index contributed by atoms with van der Waals surface area (Å²) in [5.41, 5.74) is 25.9. The molecule has 87 heavy (non-hydrogen) atoms. The number of carbonyl (C=O) groups excluding carboxylic acids is 3. The van der Waals surface area contributed by atoms with Crippen molar-refractivity contribution in [1.82, 2.24) is 45.9 Å². The van der Waals surface area contributed by atoms with Crippen LogP contribution in [0, 0.1) is 34.3 Å². The number of benzene rings is 4. The number of nitrogen functional groups attached to an aromatic ring is 2. The van der Waals surface area contributed by atoms with E-state index in [4.69, 9.17) is 26.9 Å². The van der Waals surface area contributed by atoms with Gasteiger partial charge in [-0.15, -0.1) is 0 Å². The number of rotatable bonds is 21. The molecule has 8 rings (SSSR count). The molecule has 2 atom stereocenters. The van der Waals surface area contributed by atoms with E-state index in [2.05, 4.69) is 51.5 Å². The molecule has 4 heterocycles. The number of aryl methyl sites for hydroxylation is 2. The average molecular weight is 1180 g/mol. The molecule has 20 nitrogen and oxygen atoms in total. The Morgan fingerprint density at radius 3 is 1.38 bits per heavy atom. The lowest BCUT2D eigenvalue weighted by molar-refractivity contribution is 0.0526. The van der Waals surface area contributed by atoms with Crippen LogP contribution in [0.1, 0.15) is 139 Å². The van der Waals surface area contributed by atoms with Crippen LogP contribution in [0.5, 0.6) is 0 Å². The third-order valence-electron chi connectivity index (χ3n) is 13.0. The van der Waals surface area contributed by atoms with Gasteiger partial charge in [-0.2, -0.15) is 10.5 Å². The Kier molecular flexibility index (Phi) is 24.2. The molecular weight excluding hydrogens is 1110 g/mol. The van der Waals surface area contributed by atoms with E-state index in [1.54, 1.807) is 71.3 Å². The number of nitrogens with one attached hydrogen (secondary N) is 5. The van der Waals surface area contributed by atoms with Gasteiger partial charge in [0.2, 0.25) is 0 Å². The number of carbonyl (C=O) groups is 3. The lowest BCUT2D eigenvalue weighted by Gasteiger charge is -2.19. The van der Waals surface area contributed by atoms with Gasteiger partial charge in [-0.25, -0.2) is 43.5 Å². The van der Waals surface area contributed by atoms with E-state index in [-0.39, 0.29) is 39.9 Å². The highest BCUT2D eigenvalue weighted by atomic mass is 19.1. The van der Waals surface area contributed by atoms with Crippen LogP contribution < -0.4 is 43.8 Å². The van der Waals surface area contributed by atoms with E-state index >= 15 is 0 Å². The molecule has 0 aliphatic heterocycles. The van der Waals surface area contributed by atoms with Crippen molar-refractivity contribution in [3.8, 4) is 34.7 Å². The number of aromatic nitrogens is 6. The van der Waals surface area contributed by atoms with Gasteiger partial charge in [-0.3, -0.25) is 9.59 Å². The Morgan fingerprint density at radius 2 is 1.00 bits per heavy atom. The van der Waals surface area contributed by atoms with Crippen LogP contribution in [-0.2, 0) is 30.7 Å². The predicted octanol–water partition coefficient (Wildman–Crippen LogP) is 10.8. The number of hydrogen-bond acceptors (Lipinski definition) is 17. The average Bonchev–Trinajstić information content (AvgIpc) is 3.72. The van der Waals surface area contributed by atoms with Crippen molar-refractivity contribution in [3.05, 3.63) is 202 Å². The van der Waals surface area contributed by atoms with E-state index in [1.165, 1.54) is 48.8 Å². The molecule has 11 N–H and O–H groups in total. The first-order chi connectivity index (χ1) is 41.8. The molecule has 0 spiro atoms. The predicted molar refractivity (Wildman–Crippen MR) is 332 cm³/mol. The number of nitriles is 2. The Hall–Kier alpha value is -10.5. The van der Waals surface area contributed by atoms with Crippen LogP contribution in [-0.4, -0.2) is 66.5 Å². The van der Waals surface area contributed by atoms with Crippen molar-refractivity contribution in [3.63, 3.8) is 0 Å². The van der Waals surface area contributed by atoms with E-state index in [9.17, 15) is 33.7 Å². The summed E-state index contributed by atoms with van der Waals surface area (Å²) in [6.45, 7) is 14.7. The number of hydrogen-bond donors (Lipinski definition) is 8. The summed E-state index contributed by atoms with van der Waals surface area (Å²) in [7, 11) is 0. The Balaban J connectivity index is 0.000000274. The molecular formula is C65H72F2N16O4. The van der Waals surface area contributed by atoms with Crippen molar-refractivity contribution in [1.29, 1.82) is 10.5 Å². The fourth-order valence-corrected chi connectivity index (χ4v) is 8.41. The summed E-state index contributed by atoms with van der Waals surface area (Å²) in [6.07, 6.45) is 8.19. The van der Waals surface area contributed by atoms with Crippen LogP contribution in [0.3, 0.4) is 0 Å². The fourth-order valence-electron chi connectivity index (χ4n) is 8.41. The molecule has 0 aliphatic rings. The first-order valence-corrected chi connectivity index (χ1v) is 28.3. The van der Waals surface area contributed by atoms with Crippen LogP contribution in [0.4, 0.5) is 36.8 Å². The molecule has 0 bridgehead atoms. The van der Waals surface area contributed by atoms with Gasteiger partial charge >= 0.3 is 6.09 Å². The normalized spacial score (nSPS) is 11.4. The van der Waals surface area contributed by atoms with E-state index in [0.29, 0.717) is 80.1 Å². The van der Waals surface area contributed by atoms with Crippen LogP contribution in [0.15, 0.2) is 134 Å². The lowest BCUT2D eigenvalue weighted by atomic mass is 10.1. The fraction of sp³-hybridized carbons (Fsp3) is 0.277. The van der Waals surface area contributed by atoms with Gasteiger partial charge < -0.3 is 48.5 Å². The molecule has 2 unspecified atom stereocenters. The highest BCUT2D eigenvalue weighted by molar-refractivity contribution is 6.00. The first-order valence-electron chi connectivity index (χ1n) is 28.3. The molecule has 22 heteroatoms. The molecule has 0 aliphatic carbocycles. The smallest absolute Gasteiger partial charge is 0.407 e. The number of amides is 3. The second-order valence-corrected chi connectivity index (χ2v) is 20.7. The van der Waals surface area contributed by atoms with Crippen molar-refractivity contribution >= 4 is 41.2 Å². The summed E-state index contributed by atoms with van der Waals surface area (Å²) in [5, 5.41) is 33.6. The zero-order chi connectivity index (χ0) is 63.0. The number of ether oxygens (including phenoxy) is 1. The molecule has 0 fully saturated rings. The molecule has 8 aromatic rings. The molecule has 4 aromatic carbocycles. The summed E-state index contributed by atoms with van der Waals surface area (Å²) in [6, 6.07) is 33.5. The zero-order valence-corrected chi connectivity index (χ0v) is 49.7. The summed E-state index contributed by atoms with van der Waals surface area (Å²) >= 11 is 0. The molecule has 0 saturated heterocycles. The van der Waals surface area contributed by atoms with Crippen molar-refractivity contribution in [2.75, 3.05) is 35.2 Å². The minimum absolute atomic E-state index is 0.218. The van der Waals surface area contributed by atoms with E-state index in [1.807, 2.05) is 74.5 Å². The first kappa shape index (κ1) is 65.7. The maximum atomic E-state index is 13.3.